The number of nitrogens with one attached hydrogen (secondary N) is 2. The molecular weight excluding hydrogens is 489 g/mol. The lowest BCUT2D eigenvalue weighted by Gasteiger charge is -2.19. The predicted molar refractivity (Wildman–Crippen MR) is 122 cm³/mol. The first-order chi connectivity index (χ1) is 13.1. The minimum absolute atomic E-state index is 0. The van der Waals surface area contributed by atoms with Crippen LogP contribution in [-0.2, 0) is 24.9 Å². The van der Waals surface area contributed by atoms with E-state index in [2.05, 4.69) is 32.3 Å². The van der Waals surface area contributed by atoms with Crippen LogP contribution in [0.15, 0.2) is 22.5 Å². The molecule has 0 spiro atoms. The molecule has 3 heterocycles. The summed E-state index contributed by atoms with van der Waals surface area (Å²) in [6, 6.07) is 4.34. The highest BCUT2D eigenvalue weighted by Gasteiger charge is 2.25. The van der Waals surface area contributed by atoms with Gasteiger partial charge in [0.15, 0.2) is 11.8 Å². The lowest BCUT2D eigenvalue weighted by atomic mass is 10.3. The lowest BCUT2D eigenvalue weighted by molar-refractivity contribution is -0.129. The number of carbonyl (C=O) groups is 1. The van der Waals surface area contributed by atoms with E-state index in [1.54, 1.807) is 11.3 Å². The van der Waals surface area contributed by atoms with Crippen molar-refractivity contribution in [3.05, 3.63) is 34.0 Å². The molecule has 2 N–H and O–H groups in total. The summed E-state index contributed by atoms with van der Waals surface area (Å²) < 4.78 is 1.94. The normalized spacial score (nSPS) is 16.8. The Morgan fingerprint density at radius 2 is 2.25 bits per heavy atom. The van der Waals surface area contributed by atoms with Crippen LogP contribution in [-0.4, -0.2) is 50.7 Å². The van der Waals surface area contributed by atoms with Gasteiger partial charge in [-0.25, -0.2) is 4.99 Å². The largest absolute Gasteiger partial charge is 0.352 e. The summed E-state index contributed by atoms with van der Waals surface area (Å²) in [7, 11) is 1.94. The molecule has 2 aromatic rings. The number of guanidine groups is 1. The number of aryl methyl sites for hydroxylation is 1. The highest BCUT2D eigenvalue weighted by Crippen LogP contribution is 2.11. The monoisotopic (exact) mass is 517 g/mol. The van der Waals surface area contributed by atoms with Crippen LogP contribution in [0.5, 0.6) is 0 Å². The van der Waals surface area contributed by atoms with Crippen LogP contribution in [0.3, 0.4) is 0 Å². The van der Waals surface area contributed by atoms with Gasteiger partial charge in [-0.15, -0.1) is 45.5 Å². The number of hydrogen-bond acceptors (Lipinski definition) is 5. The summed E-state index contributed by atoms with van der Waals surface area (Å²) in [6.45, 7) is 6.50. The van der Waals surface area contributed by atoms with Crippen molar-refractivity contribution >= 4 is 47.2 Å². The standard InChI is InChI=1S/C18H27N7OS.HI/c1-4-17(26)25-8-7-14(12-25)21-18(19-10-15-6-5-9-27-15)20-11-16-23-22-13(2)24(16)3;/h5-6,9,14H,4,7-8,10-12H2,1-3H3,(H2,19,20,21);1H. The molecule has 28 heavy (non-hydrogen) atoms. The van der Waals surface area contributed by atoms with Crippen LogP contribution in [0.2, 0.25) is 0 Å². The average Bonchev–Trinajstić information content (AvgIpc) is 3.41. The highest BCUT2D eigenvalue weighted by atomic mass is 127. The molecular formula is C18H28IN7OS. The number of nitrogens with zero attached hydrogens (tertiary/aromatic N) is 5. The van der Waals surface area contributed by atoms with Gasteiger partial charge >= 0.3 is 0 Å². The van der Waals surface area contributed by atoms with Crippen LogP contribution < -0.4 is 10.6 Å². The van der Waals surface area contributed by atoms with E-state index in [0.717, 1.165) is 37.1 Å². The molecule has 1 unspecified atom stereocenters. The topological polar surface area (TPSA) is 87.4 Å². The first-order valence-electron chi connectivity index (χ1n) is 9.26. The fourth-order valence-corrected chi connectivity index (χ4v) is 3.64. The van der Waals surface area contributed by atoms with Crippen molar-refractivity contribution in [1.29, 1.82) is 0 Å². The maximum absolute atomic E-state index is 11.9. The number of aromatic nitrogens is 3. The Hall–Kier alpha value is -1.69. The number of carbonyl (C=O) groups excluding carboxylic acids is 1. The molecule has 0 saturated carbocycles. The van der Waals surface area contributed by atoms with Crippen LogP contribution in [0.25, 0.3) is 0 Å². The first kappa shape index (κ1) is 22.6. The van der Waals surface area contributed by atoms with Crippen molar-refractivity contribution in [2.75, 3.05) is 13.1 Å². The van der Waals surface area contributed by atoms with E-state index >= 15 is 0 Å². The van der Waals surface area contributed by atoms with E-state index in [9.17, 15) is 4.79 Å². The van der Waals surface area contributed by atoms with Crippen LogP contribution in [0, 0.1) is 6.92 Å². The number of hydrogen-bond donors (Lipinski definition) is 2. The average molecular weight is 517 g/mol. The maximum atomic E-state index is 11.9. The Morgan fingerprint density at radius 3 is 2.89 bits per heavy atom. The van der Waals surface area contributed by atoms with E-state index in [-0.39, 0.29) is 35.9 Å². The fourth-order valence-electron chi connectivity index (χ4n) is 3.00. The van der Waals surface area contributed by atoms with E-state index in [4.69, 9.17) is 4.99 Å². The Morgan fingerprint density at radius 1 is 1.43 bits per heavy atom. The molecule has 0 aromatic carbocycles. The van der Waals surface area contributed by atoms with E-state index in [0.29, 0.717) is 19.5 Å². The van der Waals surface area contributed by atoms with Gasteiger partial charge in [-0.1, -0.05) is 13.0 Å². The molecule has 0 bridgehead atoms. The second-order valence-electron chi connectivity index (χ2n) is 6.64. The Bertz CT molecular complexity index is 790. The SMILES string of the molecule is CCC(=O)N1CCC(NC(=NCc2nnc(C)n2C)NCc2cccs2)C1.I. The number of aliphatic imine (C=N–C) groups is 1. The zero-order valence-electron chi connectivity index (χ0n) is 16.5. The second kappa shape index (κ2) is 10.7. The molecule has 1 fully saturated rings. The van der Waals surface area contributed by atoms with E-state index in [1.807, 2.05) is 36.4 Å². The Labute approximate surface area is 186 Å². The highest BCUT2D eigenvalue weighted by molar-refractivity contribution is 14.0. The molecule has 8 nitrogen and oxygen atoms in total. The molecule has 10 heteroatoms. The van der Waals surface area contributed by atoms with E-state index < -0.39 is 0 Å². The van der Waals surface area contributed by atoms with Crippen LogP contribution in [0.4, 0.5) is 0 Å². The predicted octanol–water partition coefficient (Wildman–Crippen LogP) is 2.05. The Kier molecular flexibility index (Phi) is 8.67. The van der Waals surface area contributed by atoms with Crippen molar-refractivity contribution < 1.29 is 4.79 Å². The van der Waals surface area contributed by atoms with Gasteiger partial charge in [0.25, 0.3) is 0 Å². The molecule has 0 aliphatic carbocycles. The number of thiophene rings is 1. The summed E-state index contributed by atoms with van der Waals surface area (Å²) in [5.74, 6) is 2.63. The van der Waals surface area contributed by atoms with Gasteiger partial charge in [0.05, 0.1) is 6.54 Å². The number of rotatable bonds is 6. The zero-order valence-corrected chi connectivity index (χ0v) is 19.7. The zero-order chi connectivity index (χ0) is 19.2. The number of halogens is 1. The van der Waals surface area contributed by atoms with Gasteiger partial charge in [0, 0.05) is 37.5 Å². The van der Waals surface area contributed by atoms with Gasteiger partial charge < -0.3 is 20.1 Å². The van der Waals surface area contributed by atoms with Crippen LogP contribution >= 0.6 is 35.3 Å². The molecule has 1 atom stereocenters. The molecule has 1 aliphatic heterocycles. The third-order valence-electron chi connectivity index (χ3n) is 4.76. The molecule has 0 radical (unpaired) electrons. The lowest BCUT2D eigenvalue weighted by Crippen LogP contribution is -2.44. The minimum atomic E-state index is 0. The minimum Gasteiger partial charge on any atom is -0.352 e. The van der Waals surface area contributed by atoms with Crippen molar-refractivity contribution in [1.82, 2.24) is 30.3 Å². The maximum Gasteiger partial charge on any atom is 0.222 e. The summed E-state index contributed by atoms with van der Waals surface area (Å²) in [5.41, 5.74) is 0. The third kappa shape index (κ3) is 5.90. The number of amides is 1. The fraction of sp³-hybridized carbons (Fsp3) is 0.556. The molecule has 1 amide bonds. The third-order valence-corrected chi connectivity index (χ3v) is 5.63. The summed E-state index contributed by atoms with van der Waals surface area (Å²) in [4.78, 5) is 19.8. The molecule has 1 saturated heterocycles. The second-order valence-corrected chi connectivity index (χ2v) is 7.68. The van der Waals surface area contributed by atoms with Gasteiger partial charge in [-0.3, -0.25) is 4.79 Å². The van der Waals surface area contributed by atoms with Gasteiger partial charge in [-0.05, 0) is 24.8 Å². The smallest absolute Gasteiger partial charge is 0.222 e. The quantitative estimate of drug-likeness (QED) is 0.348. The first-order valence-corrected chi connectivity index (χ1v) is 10.1. The molecule has 154 valence electrons. The van der Waals surface area contributed by atoms with E-state index in [1.165, 1.54) is 4.88 Å². The van der Waals surface area contributed by atoms with Crippen LogP contribution in [0.1, 0.15) is 36.3 Å². The van der Waals surface area contributed by atoms with Crippen molar-refractivity contribution in [2.24, 2.45) is 12.0 Å². The Balaban J connectivity index is 0.00000280. The van der Waals surface area contributed by atoms with Crippen molar-refractivity contribution in [2.45, 2.75) is 45.8 Å². The summed E-state index contributed by atoms with van der Waals surface area (Å²) >= 11 is 1.71. The van der Waals surface area contributed by atoms with Gasteiger partial charge in [0.1, 0.15) is 12.4 Å². The molecule has 3 rings (SSSR count). The molecule has 1 aliphatic rings. The number of likely N-dealkylation sites (tertiary alicyclic amines) is 1. The summed E-state index contributed by atoms with van der Waals surface area (Å²) in [6.07, 6.45) is 1.48. The summed E-state index contributed by atoms with van der Waals surface area (Å²) in [5, 5.41) is 17.2. The van der Waals surface area contributed by atoms with Crippen molar-refractivity contribution in [3.8, 4) is 0 Å². The van der Waals surface area contributed by atoms with Crippen molar-refractivity contribution in [3.63, 3.8) is 0 Å². The molecule has 2 aromatic heterocycles. The van der Waals surface area contributed by atoms with Gasteiger partial charge in [-0.2, -0.15) is 0 Å². The van der Waals surface area contributed by atoms with Gasteiger partial charge in [0.2, 0.25) is 5.91 Å².